The lowest BCUT2D eigenvalue weighted by Crippen LogP contribution is -2.27. The highest BCUT2D eigenvalue weighted by atomic mass is 32.2. The first-order chi connectivity index (χ1) is 12.2. The molecule has 0 amide bonds. The van der Waals surface area contributed by atoms with Gasteiger partial charge in [0.15, 0.2) is 0 Å². The Labute approximate surface area is 153 Å². The fourth-order valence-electron chi connectivity index (χ4n) is 3.21. The number of H-pyrrole nitrogens is 1. The van der Waals surface area contributed by atoms with E-state index in [1.54, 1.807) is 25.1 Å². The van der Waals surface area contributed by atoms with Gasteiger partial charge in [0.2, 0.25) is 10.0 Å². The van der Waals surface area contributed by atoms with Crippen LogP contribution in [0, 0.1) is 27.7 Å². The van der Waals surface area contributed by atoms with Gasteiger partial charge in [-0.25, -0.2) is 13.1 Å². The van der Waals surface area contributed by atoms with Crippen molar-refractivity contribution in [3.05, 3.63) is 74.6 Å². The molecule has 0 unspecified atom stereocenters. The van der Waals surface area contributed by atoms with Crippen molar-refractivity contribution in [3.8, 4) is 0 Å². The molecule has 0 spiro atoms. The van der Waals surface area contributed by atoms with E-state index in [1.807, 2.05) is 39.0 Å². The molecule has 0 atom stereocenters. The zero-order valence-corrected chi connectivity index (χ0v) is 16.1. The first-order valence-electron chi connectivity index (χ1n) is 8.37. The lowest BCUT2D eigenvalue weighted by atomic mass is 10.1. The second kappa shape index (κ2) is 6.70. The Balaban J connectivity index is 1.94. The van der Waals surface area contributed by atoms with Crippen LogP contribution in [0.15, 0.2) is 46.1 Å². The molecule has 0 bridgehead atoms. The molecule has 2 N–H and O–H groups in total. The second-order valence-corrected chi connectivity index (χ2v) is 8.50. The molecule has 1 aromatic heterocycles. The number of aryl methyl sites for hydroxylation is 4. The maximum absolute atomic E-state index is 12.6. The minimum absolute atomic E-state index is 0.0616. The highest BCUT2D eigenvalue weighted by Crippen LogP contribution is 2.19. The predicted octanol–water partition coefficient (Wildman–Crippen LogP) is 3.24. The van der Waals surface area contributed by atoms with E-state index in [4.69, 9.17) is 0 Å². The van der Waals surface area contributed by atoms with Crippen LogP contribution in [0.25, 0.3) is 10.9 Å². The Morgan fingerprint density at radius 2 is 1.62 bits per heavy atom. The van der Waals surface area contributed by atoms with Crippen LogP contribution in [0.1, 0.15) is 27.8 Å². The Bertz CT molecular complexity index is 1160. The molecule has 0 aliphatic carbocycles. The van der Waals surface area contributed by atoms with E-state index in [1.165, 1.54) is 0 Å². The third-order valence-electron chi connectivity index (χ3n) is 4.44. The van der Waals surface area contributed by atoms with Crippen molar-refractivity contribution in [2.75, 3.05) is 0 Å². The lowest BCUT2D eigenvalue weighted by Gasteiger charge is -2.11. The fourth-order valence-corrected chi connectivity index (χ4v) is 4.45. The van der Waals surface area contributed by atoms with Crippen molar-refractivity contribution < 1.29 is 8.42 Å². The largest absolute Gasteiger partial charge is 0.321 e. The molecule has 0 aliphatic heterocycles. The SMILES string of the molecule is Cc1ccc(S(=O)(=O)NCc2cc3cc(C)cc(C)c3[nH]c2=O)c(C)c1. The normalized spacial score (nSPS) is 11.8. The first kappa shape index (κ1) is 18.4. The summed E-state index contributed by atoms with van der Waals surface area (Å²) < 4.78 is 27.7. The van der Waals surface area contributed by atoms with Gasteiger partial charge >= 0.3 is 0 Å². The zero-order valence-electron chi connectivity index (χ0n) is 15.3. The van der Waals surface area contributed by atoms with Gasteiger partial charge in [-0.05, 0) is 62.4 Å². The molecule has 3 rings (SSSR count). The Morgan fingerprint density at radius 1 is 0.923 bits per heavy atom. The molecule has 5 nitrogen and oxygen atoms in total. The molecule has 2 aromatic carbocycles. The smallest absolute Gasteiger partial charge is 0.252 e. The number of fused-ring (bicyclic) bond motifs is 1. The van der Waals surface area contributed by atoms with Crippen molar-refractivity contribution >= 4 is 20.9 Å². The quantitative estimate of drug-likeness (QED) is 0.740. The van der Waals surface area contributed by atoms with Crippen LogP contribution in [0.5, 0.6) is 0 Å². The van der Waals surface area contributed by atoms with E-state index < -0.39 is 10.0 Å². The molecular weight excluding hydrogens is 348 g/mol. The molecule has 26 heavy (non-hydrogen) atoms. The molecule has 0 fully saturated rings. The van der Waals surface area contributed by atoms with Crippen LogP contribution in [0.3, 0.4) is 0 Å². The predicted molar refractivity (Wildman–Crippen MR) is 104 cm³/mol. The summed E-state index contributed by atoms with van der Waals surface area (Å²) in [5.41, 5.74) is 4.63. The van der Waals surface area contributed by atoms with Crippen molar-refractivity contribution in [2.24, 2.45) is 0 Å². The van der Waals surface area contributed by atoms with Crippen LogP contribution in [-0.2, 0) is 16.6 Å². The summed E-state index contributed by atoms with van der Waals surface area (Å²) >= 11 is 0. The van der Waals surface area contributed by atoms with Crippen LogP contribution < -0.4 is 10.3 Å². The van der Waals surface area contributed by atoms with Gasteiger partial charge in [0.25, 0.3) is 5.56 Å². The van der Waals surface area contributed by atoms with E-state index in [-0.39, 0.29) is 17.0 Å². The highest BCUT2D eigenvalue weighted by molar-refractivity contribution is 7.89. The number of benzene rings is 2. The van der Waals surface area contributed by atoms with Crippen LogP contribution in [0.4, 0.5) is 0 Å². The van der Waals surface area contributed by atoms with E-state index in [9.17, 15) is 13.2 Å². The summed E-state index contributed by atoms with van der Waals surface area (Å²) in [7, 11) is -3.70. The molecule has 0 radical (unpaired) electrons. The summed E-state index contributed by atoms with van der Waals surface area (Å²) in [6.07, 6.45) is 0. The number of sulfonamides is 1. The number of pyridine rings is 1. The Kier molecular flexibility index (Phi) is 4.73. The van der Waals surface area contributed by atoms with Crippen molar-refractivity contribution in [1.82, 2.24) is 9.71 Å². The fraction of sp³-hybridized carbons (Fsp3) is 0.250. The summed E-state index contributed by atoms with van der Waals surface area (Å²) in [5, 5.41) is 0.891. The minimum atomic E-state index is -3.70. The number of hydrogen-bond acceptors (Lipinski definition) is 3. The summed E-state index contributed by atoms with van der Waals surface area (Å²) in [6, 6.07) is 10.9. The van der Waals surface area contributed by atoms with Gasteiger partial charge in [-0.2, -0.15) is 0 Å². The van der Waals surface area contributed by atoms with Gasteiger partial charge in [-0.1, -0.05) is 29.3 Å². The zero-order chi connectivity index (χ0) is 19.1. The van der Waals surface area contributed by atoms with Crippen molar-refractivity contribution in [3.63, 3.8) is 0 Å². The molecular formula is C20H22N2O3S. The van der Waals surface area contributed by atoms with Gasteiger partial charge in [-0.15, -0.1) is 0 Å². The molecule has 1 heterocycles. The van der Waals surface area contributed by atoms with E-state index in [0.29, 0.717) is 11.1 Å². The molecule has 0 saturated heterocycles. The minimum Gasteiger partial charge on any atom is -0.321 e. The van der Waals surface area contributed by atoms with Gasteiger partial charge in [-0.3, -0.25) is 4.79 Å². The number of nitrogens with one attached hydrogen (secondary N) is 2. The monoisotopic (exact) mass is 370 g/mol. The second-order valence-electron chi connectivity index (χ2n) is 6.76. The number of aromatic nitrogens is 1. The number of rotatable bonds is 4. The molecule has 0 saturated carbocycles. The highest BCUT2D eigenvalue weighted by Gasteiger charge is 2.17. The Morgan fingerprint density at radius 3 is 2.31 bits per heavy atom. The van der Waals surface area contributed by atoms with Gasteiger partial charge in [0, 0.05) is 12.1 Å². The van der Waals surface area contributed by atoms with Crippen LogP contribution in [0.2, 0.25) is 0 Å². The average molecular weight is 370 g/mol. The van der Waals surface area contributed by atoms with Crippen LogP contribution in [-0.4, -0.2) is 13.4 Å². The topological polar surface area (TPSA) is 79.0 Å². The average Bonchev–Trinajstić information content (AvgIpc) is 2.53. The van der Waals surface area contributed by atoms with Crippen LogP contribution >= 0.6 is 0 Å². The third-order valence-corrected chi connectivity index (χ3v) is 6.00. The van der Waals surface area contributed by atoms with Gasteiger partial charge in [0.1, 0.15) is 0 Å². The van der Waals surface area contributed by atoms with E-state index in [0.717, 1.165) is 27.6 Å². The van der Waals surface area contributed by atoms with Crippen molar-refractivity contribution in [1.29, 1.82) is 0 Å². The molecule has 136 valence electrons. The van der Waals surface area contributed by atoms with E-state index >= 15 is 0 Å². The Hall–Kier alpha value is -2.44. The molecule has 3 aromatic rings. The standard InChI is InChI=1S/C20H22N2O3S/c1-12-5-6-18(14(3)7-12)26(24,25)21-11-17-10-16-9-13(2)8-15(4)19(16)22-20(17)23/h5-10,21H,11H2,1-4H3,(H,22,23). The number of aromatic amines is 1. The molecule has 0 aliphatic rings. The van der Waals surface area contributed by atoms with Crippen molar-refractivity contribution in [2.45, 2.75) is 39.1 Å². The summed E-state index contributed by atoms with van der Waals surface area (Å²) in [5.74, 6) is 0. The van der Waals surface area contributed by atoms with Gasteiger partial charge in [0.05, 0.1) is 10.4 Å². The summed E-state index contributed by atoms with van der Waals surface area (Å²) in [4.78, 5) is 15.4. The van der Waals surface area contributed by atoms with Gasteiger partial charge < -0.3 is 4.98 Å². The maximum Gasteiger partial charge on any atom is 0.252 e. The third kappa shape index (κ3) is 3.57. The number of hydrogen-bond donors (Lipinski definition) is 2. The lowest BCUT2D eigenvalue weighted by molar-refractivity contribution is 0.580. The maximum atomic E-state index is 12.6. The molecule has 6 heteroatoms. The first-order valence-corrected chi connectivity index (χ1v) is 9.86. The van der Waals surface area contributed by atoms with E-state index in [2.05, 4.69) is 9.71 Å². The summed E-state index contributed by atoms with van der Waals surface area (Å²) in [6.45, 7) is 7.53.